The van der Waals surface area contributed by atoms with Crippen molar-refractivity contribution in [2.45, 2.75) is 36.9 Å². The second-order valence-corrected chi connectivity index (χ2v) is 5.99. The Balaban J connectivity index is 2.03. The summed E-state index contributed by atoms with van der Waals surface area (Å²) in [5, 5.41) is 59.5. The third-order valence-corrected chi connectivity index (χ3v) is 4.18. The van der Waals surface area contributed by atoms with Crippen LogP contribution in [0, 0.1) is 0 Å². The number of carbonyl (C=O) groups is 2. The third kappa shape index (κ3) is 4.48. The van der Waals surface area contributed by atoms with Crippen molar-refractivity contribution in [1.29, 1.82) is 0 Å². The third-order valence-electron chi connectivity index (χ3n) is 4.18. The lowest BCUT2D eigenvalue weighted by Crippen LogP contribution is -2.58. The van der Waals surface area contributed by atoms with Gasteiger partial charge >= 0.3 is 11.9 Å². The van der Waals surface area contributed by atoms with Crippen LogP contribution in [0.4, 0.5) is 5.69 Å². The number of aromatic carboxylic acids is 2. The van der Waals surface area contributed by atoms with Crippen LogP contribution in [0.15, 0.2) is 18.2 Å². The monoisotopic (exact) mass is 371 g/mol. The Kier molecular flexibility index (Phi) is 6.51. The Labute approximate surface area is 148 Å². The van der Waals surface area contributed by atoms with E-state index in [0.29, 0.717) is 0 Å². The van der Waals surface area contributed by atoms with Gasteiger partial charge in [-0.1, -0.05) is 0 Å². The normalized spacial score (nSPS) is 28.5. The van der Waals surface area contributed by atoms with Crippen molar-refractivity contribution in [3.63, 3.8) is 0 Å². The van der Waals surface area contributed by atoms with Crippen molar-refractivity contribution in [1.82, 2.24) is 0 Å². The summed E-state index contributed by atoms with van der Waals surface area (Å²) >= 11 is 0. The molecule has 7 N–H and O–H groups in total. The molecular formula is C16H21NO9. The van der Waals surface area contributed by atoms with Gasteiger partial charge in [0.15, 0.2) is 0 Å². The number of ether oxygens (including phenoxy) is 1. The first-order chi connectivity index (χ1) is 12.2. The van der Waals surface area contributed by atoms with Crippen LogP contribution in [0.25, 0.3) is 0 Å². The zero-order chi connectivity index (χ0) is 19.4. The summed E-state index contributed by atoms with van der Waals surface area (Å²) in [5.74, 6) is -2.55. The van der Waals surface area contributed by atoms with Gasteiger partial charge in [0.25, 0.3) is 0 Å². The quantitative estimate of drug-likeness (QED) is 0.306. The average molecular weight is 371 g/mol. The molecule has 144 valence electrons. The minimum atomic E-state index is -1.47. The molecule has 0 saturated carbocycles. The fraction of sp³-hybridized carbons (Fsp3) is 0.500. The summed E-state index contributed by atoms with van der Waals surface area (Å²) in [6.07, 6.45) is -6.01. The van der Waals surface area contributed by atoms with Gasteiger partial charge in [-0.3, -0.25) is 0 Å². The number of aliphatic hydroxyl groups excluding tert-OH is 4. The van der Waals surface area contributed by atoms with E-state index < -0.39 is 49.1 Å². The topological polar surface area (TPSA) is 177 Å². The fourth-order valence-corrected chi connectivity index (χ4v) is 2.75. The van der Waals surface area contributed by atoms with Gasteiger partial charge in [-0.2, -0.15) is 0 Å². The lowest BCUT2D eigenvalue weighted by molar-refractivity contribution is -0.229. The van der Waals surface area contributed by atoms with E-state index >= 15 is 0 Å². The van der Waals surface area contributed by atoms with Gasteiger partial charge in [0.2, 0.25) is 0 Å². The standard InChI is InChI=1S/C16H21NO9/c18-6-11-13(20)14(21)12(19)10(26-11)1-2-17-9-4-7(15(22)23)3-8(5-9)16(24)25/h3-5,10-14,17-21H,1-2,6H2,(H,22,23)(H,24,25)/t10-,11+,12+,13+,14+/m0/s1. The Morgan fingerprint density at radius 2 is 1.46 bits per heavy atom. The number of carboxylic acid groups (broad SMARTS) is 2. The van der Waals surface area contributed by atoms with Crippen LogP contribution < -0.4 is 5.32 Å². The van der Waals surface area contributed by atoms with E-state index in [-0.39, 0.29) is 29.8 Å². The number of anilines is 1. The second kappa shape index (κ2) is 8.43. The SMILES string of the molecule is O=C(O)c1cc(NCC[C@@H]2O[C@H](CO)[C@@H](O)[C@H](O)[C@@H]2O)cc(C(=O)O)c1. The summed E-state index contributed by atoms with van der Waals surface area (Å²) in [6, 6.07) is 3.57. The maximum Gasteiger partial charge on any atom is 0.335 e. The second-order valence-electron chi connectivity index (χ2n) is 5.99. The molecule has 10 nitrogen and oxygen atoms in total. The van der Waals surface area contributed by atoms with Crippen molar-refractivity contribution < 1.29 is 45.0 Å². The van der Waals surface area contributed by atoms with Gasteiger partial charge in [-0.25, -0.2) is 9.59 Å². The highest BCUT2D eigenvalue weighted by Crippen LogP contribution is 2.23. The summed E-state index contributed by atoms with van der Waals surface area (Å²) in [4.78, 5) is 22.2. The number of aliphatic hydroxyl groups is 4. The molecule has 0 aliphatic carbocycles. The Morgan fingerprint density at radius 1 is 0.923 bits per heavy atom. The van der Waals surface area contributed by atoms with Crippen LogP contribution in [0.1, 0.15) is 27.1 Å². The molecule has 26 heavy (non-hydrogen) atoms. The molecule has 0 bridgehead atoms. The molecule has 1 fully saturated rings. The van der Waals surface area contributed by atoms with Crippen LogP contribution in [0.3, 0.4) is 0 Å². The smallest absolute Gasteiger partial charge is 0.335 e. The molecule has 1 heterocycles. The molecule has 0 spiro atoms. The van der Waals surface area contributed by atoms with Crippen LogP contribution >= 0.6 is 0 Å². The molecule has 1 aliphatic heterocycles. The summed E-state index contributed by atoms with van der Waals surface area (Å²) in [7, 11) is 0. The number of carboxylic acids is 2. The lowest BCUT2D eigenvalue weighted by Gasteiger charge is -2.40. The van der Waals surface area contributed by atoms with Crippen molar-refractivity contribution in [3.8, 4) is 0 Å². The molecule has 10 heteroatoms. The van der Waals surface area contributed by atoms with E-state index in [1.807, 2.05) is 0 Å². The maximum atomic E-state index is 11.1. The first-order valence-corrected chi connectivity index (χ1v) is 7.90. The van der Waals surface area contributed by atoms with Crippen molar-refractivity contribution in [2.24, 2.45) is 0 Å². The van der Waals surface area contributed by atoms with Crippen molar-refractivity contribution in [3.05, 3.63) is 29.3 Å². The van der Waals surface area contributed by atoms with E-state index in [1.54, 1.807) is 0 Å². The highest BCUT2D eigenvalue weighted by molar-refractivity contribution is 5.95. The highest BCUT2D eigenvalue weighted by atomic mass is 16.5. The van der Waals surface area contributed by atoms with E-state index in [9.17, 15) is 24.9 Å². The molecule has 0 unspecified atom stereocenters. The van der Waals surface area contributed by atoms with E-state index in [2.05, 4.69) is 5.32 Å². The summed E-state index contributed by atoms with van der Waals surface area (Å²) in [6.45, 7) is -0.373. The van der Waals surface area contributed by atoms with Crippen LogP contribution in [-0.4, -0.2) is 86.2 Å². The van der Waals surface area contributed by atoms with Gasteiger partial charge in [-0.15, -0.1) is 0 Å². The van der Waals surface area contributed by atoms with E-state index in [0.717, 1.165) is 6.07 Å². The Hall–Kier alpha value is -2.24. The van der Waals surface area contributed by atoms with E-state index in [1.165, 1.54) is 12.1 Å². The van der Waals surface area contributed by atoms with Crippen molar-refractivity contribution in [2.75, 3.05) is 18.5 Å². The summed E-state index contributed by atoms with van der Waals surface area (Å²) in [5.41, 5.74) is -0.132. The predicted molar refractivity (Wildman–Crippen MR) is 87.2 cm³/mol. The van der Waals surface area contributed by atoms with Crippen LogP contribution in [0.5, 0.6) is 0 Å². The number of benzene rings is 1. The zero-order valence-electron chi connectivity index (χ0n) is 13.6. The summed E-state index contributed by atoms with van der Waals surface area (Å²) < 4.78 is 5.35. The largest absolute Gasteiger partial charge is 0.478 e. The lowest BCUT2D eigenvalue weighted by atomic mass is 9.93. The van der Waals surface area contributed by atoms with Crippen molar-refractivity contribution >= 4 is 17.6 Å². The molecule has 5 atom stereocenters. The zero-order valence-corrected chi connectivity index (χ0v) is 13.6. The molecule has 2 rings (SSSR count). The Morgan fingerprint density at radius 3 is 1.96 bits per heavy atom. The van der Waals surface area contributed by atoms with Gasteiger partial charge in [0, 0.05) is 12.2 Å². The Bertz CT molecular complexity index is 631. The van der Waals surface area contributed by atoms with Crippen LogP contribution in [0.2, 0.25) is 0 Å². The van der Waals surface area contributed by atoms with Crippen LogP contribution in [-0.2, 0) is 4.74 Å². The average Bonchev–Trinajstić information content (AvgIpc) is 2.61. The van der Waals surface area contributed by atoms with Gasteiger partial charge in [-0.05, 0) is 24.6 Å². The molecule has 1 aromatic carbocycles. The van der Waals surface area contributed by atoms with Gasteiger partial charge in [0.05, 0.1) is 23.8 Å². The molecular weight excluding hydrogens is 350 g/mol. The fourth-order valence-electron chi connectivity index (χ4n) is 2.75. The minimum absolute atomic E-state index is 0.154. The molecule has 0 radical (unpaired) electrons. The first-order valence-electron chi connectivity index (χ1n) is 7.90. The molecule has 1 saturated heterocycles. The molecule has 1 aromatic rings. The van der Waals surface area contributed by atoms with E-state index in [4.69, 9.17) is 20.1 Å². The first kappa shape index (κ1) is 20.1. The maximum absolute atomic E-state index is 11.1. The molecule has 1 aliphatic rings. The predicted octanol–water partition coefficient (Wildman–Crippen LogP) is -1.27. The molecule has 0 amide bonds. The number of hydrogen-bond acceptors (Lipinski definition) is 8. The number of hydrogen-bond donors (Lipinski definition) is 7. The van der Waals surface area contributed by atoms with Gasteiger partial charge in [0.1, 0.15) is 24.4 Å². The minimum Gasteiger partial charge on any atom is -0.478 e. The molecule has 0 aromatic heterocycles. The van der Waals surface area contributed by atoms with Gasteiger partial charge < -0.3 is 40.7 Å². The number of rotatable bonds is 7. The number of nitrogens with one attached hydrogen (secondary N) is 1. The highest BCUT2D eigenvalue weighted by Gasteiger charge is 2.42.